The van der Waals surface area contributed by atoms with Crippen LogP contribution in [0.5, 0.6) is 0 Å². The molecule has 1 N–H and O–H groups in total. The highest BCUT2D eigenvalue weighted by Crippen LogP contribution is 2.58. The Morgan fingerprint density at radius 2 is 1.57 bits per heavy atom. The Morgan fingerprint density at radius 3 is 2.13 bits per heavy atom. The number of imidazole rings is 1. The lowest BCUT2D eigenvalue weighted by Crippen LogP contribution is -2.62. The first-order valence-corrected chi connectivity index (χ1v) is 18.5. The van der Waals surface area contributed by atoms with Crippen LogP contribution in [0.25, 0.3) is 0 Å². The first-order chi connectivity index (χ1) is 22.0. The van der Waals surface area contributed by atoms with Crippen molar-refractivity contribution in [2.45, 2.75) is 76.0 Å². The highest BCUT2D eigenvalue weighted by molar-refractivity contribution is 6.74. The fourth-order valence-electron chi connectivity index (χ4n) is 6.43. The predicted molar refractivity (Wildman–Crippen MR) is 170 cm³/mol. The Balaban J connectivity index is 1.78. The first kappa shape index (κ1) is 34.5. The maximum atomic E-state index is 15.2. The summed E-state index contributed by atoms with van der Waals surface area (Å²) in [6.45, 7) is 10.2. The smallest absolute Gasteiger partial charge is 0.428 e. The Kier molecular flexibility index (Phi) is 9.06. The van der Waals surface area contributed by atoms with Crippen LogP contribution >= 0.6 is 0 Å². The van der Waals surface area contributed by atoms with Crippen LogP contribution in [0.15, 0.2) is 67.0 Å². The molecule has 2 aliphatic rings. The molecule has 3 aromatic rings. The molecule has 0 radical (unpaired) electrons. The normalized spacial score (nSPS) is 22.9. The number of esters is 1. The summed E-state index contributed by atoms with van der Waals surface area (Å²) in [7, 11) is -2.68. The molecule has 252 valence electrons. The number of alkyl halides is 3. The third-order valence-electron chi connectivity index (χ3n) is 9.86. The molecule has 9 nitrogen and oxygen atoms in total. The number of carbonyl (C=O) groups is 3. The molecule has 47 heavy (non-hydrogen) atoms. The number of aliphatic hydroxyl groups is 1. The first-order valence-electron chi connectivity index (χ1n) is 15.6. The maximum Gasteiger partial charge on any atom is 0.428 e. The van der Waals surface area contributed by atoms with E-state index in [2.05, 4.69) is 4.98 Å². The number of hydrogen-bond donors (Lipinski definition) is 1. The SMILES string of the molecule is CCOC(=O)[C@](O)([C@@H]1c2ncn(Cc3ccccc3)c2[C@H]2C(=O)N(c3ccccc3)C(=O)[C@H]2[C@H]1CO[Si](C)(C)C(C)(C)C)C(F)(F)F. The number of rotatable bonds is 9. The number of para-hydroxylation sites is 1. The molecule has 0 unspecified atom stereocenters. The average molecular weight is 672 g/mol. The molecule has 5 atom stereocenters. The molecule has 2 amide bonds. The van der Waals surface area contributed by atoms with Crippen molar-refractivity contribution in [2.24, 2.45) is 11.8 Å². The van der Waals surface area contributed by atoms with Crippen LogP contribution in [0.3, 0.4) is 0 Å². The molecule has 1 saturated heterocycles. The number of carbonyl (C=O) groups excluding carboxylic acids is 3. The van der Waals surface area contributed by atoms with E-state index in [-0.39, 0.29) is 28.7 Å². The fourth-order valence-corrected chi connectivity index (χ4v) is 7.47. The summed E-state index contributed by atoms with van der Waals surface area (Å²) in [5.41, 5.74) is -3.35. The molecule has 1 aromatic heterocycles. The predicted octanol–water partition coefficient (Wildman–Crippen LogP) is 5.80. The van der Waals surface area contributed by atoms with Crippen molar-refractivity contribution in [2.75, 3.05) is 18.1 Å². The topological polar surface area (TPSA) is 111 Å². The number of aromatic nitrogens is 2. The van der Waals surface area contributed by atoms with Crippen molar-refractivity contribution in [3.05, 3.63) is 83.9 Å². The van der Waals surface area contributed by atoms with Gasteiger partial charge in [0.2, 0.25) is 11.8 Å². The van der Waals surface area contributed by atoms with Crippen LogP contribution in [0.2, 0.25) is 18.1 Å². The Labute approximate surface area is 272 Å². The standard InChI is InChI=1S/C34H40F3N3O6Si/c1-7-45-31(43)33(44,34(35,36)37)26-23(19-46-47(5,6)32(2,3)4)24-25(30(42)40(29(24)41)22-16-12-9-13-17-22)28-27(26)38-20-39(28)18-21-14-10-8-11-15-21/h8-17,20,23-26,44H,7,18-19H2,1-6H3/t23-,24+,25+,26+,33-/m1/s1. The van der Waals surface area contributed by atoms with E-state index < -0.39 is 74.8 Å². The van der Waals surface area contributed by atoms with Gasteiger partial charge in [0.15, 0.2) is 8.32 Å². The zero-order chi connectivity index (χ0) is 34.5. The summed E-state index contributed by atoms with van der Waals surface area (Å²) >= 11 is 0. The molecule has 0 bridgehead atoms. The van der Waals surface area contributed by atoms with Crippen LogP contribution in [0.1, 0.15) is 56.5 Å². The second kappa shape index (κ2) is 12.3. The molecule has 1 fully saturated rings. The number of anilines is 1. The number of benzene rings is 2. The summed E-state index contributed by atoms with van der Waals surface area (Å²) in [5.74, 6) is -9.58. The summed E-state index contributed by atoms with van der Waals surface area (Å²) in [6.07, 6.45) is -4.25. The van der Waals surface area contributed by atoms with E-state index in [0.29, 0.717) is 0 Å². The summed E-state index contributed by atoms with van der Waals surface area (Å²) in [4.78, 5) is 47.5. The lowest BCUT2D eigenvalue weighted by atomic mass is 9.62. The fraction of sp³-hybridized carbons (Fsp3) is 0.471. The number of imide groups is 1. The molecular formula is C34H40F3N3O6Si. The minimum atomic E-state index is -5.54. The van der Waals surface area contributed by atoms with Crippen molar-refractivity contribution < 1.29 is 41.8 Å². The van der Waals surface area contributed by atoms with Gasteiger partial charge < -0.3 is 18.8 Å². The minimum Gasteiger partial charge on any atom is -0.464 e. The third kappa shape index (κ3) is 5.82. The van der Waals surface area contributed by atoms with Crippen LogP contribution in [0.4, 0.5) is 18.9 Å². The van der Waals surface area contributed by atoms with Crippen LogP contribution < -0.4 is 4.90 Å². The zero-order valence-electron chi connectivity index (χ0n) is 27.2. The molecule has 1 aliphatic carbocycles. The zero-order valence-corrected chi connectivity index (χ0v) is 28.2. The number of ether oxygens (including phenoxy) is 1. The van der Waals surface area contributed by atoms with E-state index in [1.165, 1.54) is 17.8 Å². The van der Waals surface area contributed by atoms with Crippen molar-refractivity contribution in [3.8, 4) is 0 Å². The molecule has 2 aromatic carbocycles. The minimum absolute atomic E-state index is 0.0381. The highest BCUT2D eigenvalue weighted by atomic mass is 28.4. The van der Waals surface area contributed by atoms with Gasteiger partial charge in [-0.2, -0.15) is 13.2 Å². The third-order valence-corrected chi connectivity index (χ3v) is 14.4. The van der Waals surface area contributed by atoms with Gasteiger partial charge >= 0.3 is 12.1 Å². The van der Waals surface area contributed by atoms with Crippen molar-refractivity contribution in [1.29, 1.82) is 0 Å². The number of amides is 2. The molecule has 2 heterocycles. The van der Waals surface area contributed by atoms with E-state index in [0.717, 1.165) is 10.5 Å². The van der Waals surface area contributed by atoms with E-state index in [9.17, 15) is 19.5 Å². The van der Waals surface area contributed by atoms with Crippen molar-refractivity contribution in [1.82, 2.24) is 9.55 Å². The number of nitrogens with zero attached hydrogens (tertiary/aromatic N) is 3. The van der Waals surface area contributed by atoms with Crippen LogP contribution in [-0.2, 0) is 30.1 Å². The second-order valence-corrected chi connectivity index (χ2v) is 18.5. The van der Waals surface area contributed by atoms with E-state index in [1.807, 2.05) is 52.1 Å². The van der Waals surface area contributed by atoms with Gasteiger partial charge in [0.1, 0.15) is 0 Å². The summed E-state index contributed by atoms with van der Waals surface area (Å²) < 4.78 is 58.5. The Hall–Kier alpha value is -3.81. The number of halogens is 3. The average Bonchev–Trinajstić information content (AvgIpc) is 3.52. The quantitative estimate of drug-likeness (QED) is 0.174. The molecule has 1 aliphatic heterocycles. The van der Waals surface area contributed by atoms with Gasteiger partial charge in [-0.15, -0.1) is 0 Å². The highest BCUT2D eigenvalue weighted by Gasteiger charge is 2.72. The van der Waals surface area contributed by atoms with Crippen LogP contribution in [-0.4, -0.2) is 65.7 Å². The van der Waals surface area contributed by atoms with E-state index in [1.54, 1.807) is 42.5 Å². The lowest BCUT2D eigenvalue weighted by Gasteiger charge is -2.46. The van der Waals surface area contributed by atoms with Gasteiger partial charge in [-0.1, -0.05) is 69.3 Å². The summed E-state index contributed by atoms with van der Waals surface area (Å²) in [5, 5.41) is 11.4. The van der Waals surface area contributed by atoms with E-state index >= 15 is 13.2 Å². The molecule has 0 spiro atoms. The molecule has 13 heteroatoms. The van der Waals surface area contributed by atoms with Crippen molar-refractivity contribution in [3.63, 3.8) is 0 Å². The van der Waals surface area contributed by atoms with Crippen molar-refractivity contribution >= 4 is 31.8 Å². The summed E-state index contributed by atoms with van der Waals surface area (Å²) in [6, 6.07) is 17.2. The maximum absolute atomic E-state index is 15.2. The van der Waals surface area contributed by atoms with Gasteiger partial charge in [-0.05, 0) is 42.8 Å². The Morgan fingerprint density at radius 1 is 0.979 bits per heavy atom. The van der Waals surface area contributed by atoms with E-state index in [4.69, 9.17) is 9.16 Å². The second-order valence-electron chi connectivity index (χ2n) is 13.7. The van der Waals surface area contributed by atoms with Gasteiger partial charge in [0.05, 0.1) is 47.8 Å². The van der Waals surface area contributed by atoms with Gasteiger partial charge in [0.25, 0.3) is 5.60 Å². The Bertz CT molecular complexity index is 1640. The van der Waals surface area contributed by atoms with Gasteiger partial charge in [-0.3, -0.25) is 9.59 Å². The van der Waals surface area contributed by atoms with Gasteiger partial charge in [-0.25, -0.2) is 14.7 Å². The largest absolute Gasteiger partial charge is 0.464 e. The number of hydrogen-bond acceptors (Lipinski definition) is 7. The molecular weight excluding hydrogens is 631 g/mol. The molecule has 5 rings (SSSR count). The van der Waals surface area contributed by atoms with Crippen LogP contribution in [0, 0.1) is 11.8 Å². The lowest BCUT2D eigenvalue weighted by molar-refractivity contribution is -0.276. The monoisotopic (exact) mass is 671 g/mol. The number of fused-ring (bicyclic) bond motifs is 3. The molecule has 0 saturated carbocycles. The van der Waals surface area contributed by atoms with Gasteiger partial charge in [0, 0.05) is 19.1 Å².